The maximum atomic E-state index is 12.8. The van der Waals surface area contributed by atoms with Gasteiger partial charge in [0.05, 0.1) is 56.0 Å². The van der Waals surface area contributed by atoms with Crippen LogP contribution in [0.3, 0.4) is 0 Å². The van der Waals surface area contributed by atoms with E-state index in [-0.39, 0.29) is 25.5 Å². The fourth-order valence-corrected chi connectivity index (χ4v) is 5.40. The number of nitrogens with one attached hydrogen (secondary N) is 3. The summed E-state index contributed by atoms with van der Waals surface area (Å²) in [6.45, 7) is 5.02. The first-order chi connectivity index (χ1) is 23.3. The zero-order chi connectivity index (χ0) is 34.0. The van der Waals surface area contributed by atoms with Gasteiger partial charge in [0.15, 0.2) is 0 Å². The Hall–Kier alpha value is -5.96. The molecule has 2 heterocycles. The van der Waals surface area contributed by atoms with E-state index in [1.165, 1.54) is 12.0 Å². The summed E-state index contributed by atoms with van der Waals surface area (Å²) in [4.78, 5) is 54.3. The highest BCUT2D eigenvalue weighted by atomic mass is 16.5. The summed E-state index contributed by atoms with van der Waals surface area (Å²) < 4.78 is 4.54. The van der Waals surface area contributed by atoms with E-state index in [0.717, 1.165) is 63.1 Å². The minimum absolute atomic E-state index is 0.157. The van der Waals surface area contributed by atoms with Gasteiger partial charge in [0.1, 0.15) is 18.2 Å². The van der Waals surface area contributed by atoms with E-state index in [9.17, 15) is 19.6 Å². The average Bonchev–Trinajstić information content (AvgIpc) is 3.79. The lowest BCUT2D eigenvalue weighted by atomic mass is 9.98. The number of methoxy groups -OCH3 is 1. The Balaban J connectivity index is 1.26. The highest BCUT2D eigenvalue weighted by Gasteiger charge is 2.19. The Morgan fingerprint density at radius 1 is 0.917 bits per heavy atom. The summed E-state index contributed by atoms with van der Waals surface area (Å²) in [5, 5.41) is 13.9. The van der Waals surface area contributed by atoms with Gasteiger partial charge in [-0.05, 0) is 52.9 Å². The van der Waals surface area contributed by atoms with Crippen molar-refractivity contribution in [2.75, 3.05) is 26.7 Å². The Labute approximate surface area is 278 Å². The van der Waals surface area contributed by atoms with Crippen LogP contribution in [0, 0.1) is 17.2 Å². The lowest BCUT2D eigenvalue weighted by molar-refractivity contribution is -0.131. The molecule has 0 radical (unpaired) electrons. The van der Waals surface area contributed by atoms with E-state index in [4.69, 9.17) is 0 Å². The molecule has 3 aromatic carbocycles. The normalized spacial score (nSPS) is 11.5. The Morgan fingerprint density at radius 3 is 2.12 bits per heavy atom. The van der Waals surface area contributed by atoms with Gasteiger partial charge in [-0.2, -0.15) is 5.26 Å². The molecular formula is C36H38N8O4. The van der Waals surface area contributed by atoms with Crippen LogP contribution in [0.15, 0.2) is 73.1 Å². The van der Waals surface area contributed by atoms with Crippen molar-refractivity contribution in [2.24, 2.45) is 5.92 Å². The quantitative estimate of drug-likeness (QED) is 0.134. The van der Waals surface area contributed by atoms with E-state index in [1.54, 1.807) is 24.2 Å². The summed E-state index contributed by atoms with van der Waals surface area (Å²) in [5.74, 6) is 0.568. The molecule has 48 heavy (non-hydrogen) atoms. The van der Waals surface area contributed by atoms with Crippen molar-refractivity contribution >= 4 is 29.2 Å². The molecule has 0 aliphatic rings. The Morgan fingerprint density at radius 2 is 1.50 bits per heavy atom. The largest absolute Gasteiger partial charge is 0.453 e. The minimum atomic E-state index is -0.704. The van der Waals surface area contributed by atoms with Gasteiger partial charge in [-0.3, -0.25) is 9.59 Å². The van der Waals surface area contributed by atoms with E-state index in [2.05, 4.69) is 84.6 Å². The van der Waals surface area contributed by atoms with Crippen LogP contribution in [0.1, 0.15) is 31.9 Å². The van der Waals surface area contributed by atoms with Gasteiger partial charge < -0.3 is 29.8 Å². The highest BCUT2D eigenvalue weighted by molar-refractivity contribution is 5.90. The number of hydrogen-bond donors (Lipinski definition) is 3. The molecule has 246 valence electrons. The van der Waals surface area contributed by atoms with Gasteiger partial charge in [0, 0.05) is 18.7 Å². The van der Waals surface area contributed by atoms with E-state index in [1.807, 2.05) is 19.1 Å². The molecule has 1 unspecified atom stereocenters. The molecule has 0 fully saturated rings. The van der Waals surface area contributed by atoms with Crippen LogP contribution < -0.4 is 5.32 Å². The van der Waals surface area contributed by atoms with Gasteiger partial charge >= 0.3 is 6.09 Å². The molecule has 12 heteroatoms. The van der Waals surface area contributed by atoms with Crippen molar-refractivity contribution in [3.05, 3.63) is 84.7 Å². The summed E-state index contributed by atoms with van der Waals surface area (Å²) in [6.07, 6.45) is 4.57. The van der Waals surface area contributed by atoms with Gasteiger partial charge in [-0.1, -0.05) is 55.5 Å². The molecule has 3 N–H and O–H groups in total. The van der Waals surface area contributed by atoms with Crippen LogP contribution in [0.25, 0.3) is 44.4 Å². The highest BCUT2D eigenvalue weighted by Crippen LogP contribution is 2.29. The van der Waals surface area contributed by atoms with E-state index < -0.39 is 12.0 Å². The van der Waals surface area contributed by atoms with Gasteiger partial charge in [-0.15, -0.1) is 0 Å². The molecule has 1 atom stereocenters. The number of amides is 3. The Bertz CT molecular complexity index is 1920. The number of aromatic nitrogens is 4. The predicted octanol–water partition coefficient (Wildman–Crippen LogP) is 5.50. The third-order valence-corrected chi connectivity index (χ3v) is 7.93. The molecule has 0 aliphatic carbocycles. The molecule has 12 nitrogen and oxygen atoms in total. The topological polar surface area (TPSA) is 160 Å². The van der Waals surface area contributed by atoms with E-state index in [0.29, 0.717) is 18.9 Å². The number of nitriles is 1. The molecule has 5 aromatic rings. The van der Waals surface area contributed by atoms with Crippen LogP contribution in [-0.4, -0.2) is 74.9 Å². The summed E-state index contributed by atoms with van der Waals surface area (Å²) in [7, 11) is 1.23. The zero-order valence-electron chi connectivity index (χ0n) is 27.2. The van der Waals surface area contributed by atoms with E-state index >= 15 is 0 Å². The number of rotatable bonds is 14. The number of nitrogens with zero attached hydrogens (tertiary/aromatic N) is 5. The molecule has 0 aliphatic heterocycles. The predicted molar refractivity (Wildman–Crippen MR) is 182 cm³/mol. The zero-order valence-corrected chi connectivity index (χ0v) is 27.2. The van der Waals surface area contributed by atoms with Crippen LogP contribution in [0.5, 0.6) is 0 Å². The van der Waals surface area contributed by atoms with Crippen LogP contribution in [0.4, 0.5) is 4.79 Å². The second-order valence-corrected chi connectivity index (χ2v) is 11.6. The molecule has 0 saturated carbocycles. The van der Waals surface area contributed by atoms with Crippen LogP contribution in [0.2, 0.25) is 0 Å². The summed E-state index contributed by atoms with van der Waals surface area (Å²) in [6, 6.07) is 23.0. The van der Waals surface area contributed by atoms with Crippen molar-refractivity contribution in [2.45, 2.75) is 33.4 Å². The third-order valence-electron chi connectivity index (χ3n) is 7.93. The summed E-state index contributed by atoms with van der Waals surface area (Å²) >= 11 is 0. The van der Waals surface area contributed by atoms with Crippen molar-refractivity contribution in [1.82, 2.24) is 35.1 Å². The van der Waals surface area contributed by atoms with Crippen LogP contribution >= 0.6 is 0 Å². The third kappa shape index (κ3) is 8.24. The molecule has 0 saturated heterocycles. The number of fused-ring (bicyclic) bond motifs is 1. The molecule has 0 bridgehead atoms. The first-order valence-electron chi connectivity index (χ1n) is 15.7. The maximum absolute atomic E-state index is 12.8. The standard InChI is InChI=1S/C36H38N8O4/c1-4-13-43(23-45)21-33-38-18-32(42-33)30-12-11-28-14-27(9-10-29(28)15-30)25-5-7-26(8-6-25)31-17-39-34(41-31)22-44(20-24(2)16-37)35(46)19-40-36(47)48-3/h5-12,14-15,17-18,23-24H,4,13,19-22H2,1-3H3,(H,38,42)(H,39,41)(H,40,47). The average molecular weight is 647 g/mol. The van der Waals surface area contributed by atoms with Crippen molar-refractivity contribution < 1.29 is 19.1 Å². The number of hydrogen-bond acceptors (Lipinski definition) is 7. The lowest BCUT2D eigenvalue weighted by Crippen LogP contribution is -2.41. The molecular weight excluding hydrogens is 608 g/mol. The maximum Gasteiger partial charge on any atom is 0.407 e. The minimum Gasteiger partial charge on any atom is -0.453 e. The van der Waals surface area contributed by atoms with Gasteiger partial charge in [-0.25, -0.2) is 14.8 Å². The number of alkyl carbamates (subject to hydrolysis) is 1. The SMILES string of the molecule is CCCN(C=O)Cc1ncc(-c2ccc3cc(-c4ccc(-c5cnc(CN(CC(C)C#N)C(=O)CNC(=O)OC)[nH]5)cc4)ccc3c2)[nH]1. The second kappa shape index (κ2) is 15.6. The van der Waals surface area contributed by atoms with Crippen molar-refractivity contribution in [3.63, 3.8) is 0 Å². The molecule has 3 amide bonds. The number of ether oxygens (including phenoxy) is 1. The van der Waals surface area contributed by atoms with Crippen LogP contribution in [-0.2, 0) is 27.4 Å². The fourth-order valence-electron chi connectivity index (χ4n) is 5.40. The number of imidazole rings is 2. The smallest absolute Gasteiger partial charge is 0.407 e. The van der Waals surface area contributed by atoms with Gasteiger partial charge in [0.25, 0.3) is 0 Å². The fraction of sp³-hybridized carbons (Fsp3) is 0.278. The number of H-pyrrole nitrogens is 2. The molecule has 5 rings (SSSR count). The second-order valence-electron chi connectivity index (χ2n) is 11.6. The number of carbonyl (C=O) groups excluding carboxylic acids is 3. The molecule has 0 spiro atoms. The number of aromatic amines is 2. The summed E-state index contributed by atoms with van der Waals surface area (Å²) in [5.41, 5.74) is 5.81. The monoisotopic (exact) mass is 646 g/mol. The number of carbonyl (C=O) groups is 3. The number of benzene rings is 3. The first kappa shape index (κ1) is 33.4. The Kier molecular flexibility index (Phi) is 10.8. The van der Waals surface area contributed by atoms with Crippen molar-refractivity contribution in [3.8, 4) is 39.7 Å². The van der Waals surface area contributed by atoms with Crippen molar-refractivity contribution in [1.29, 1.82) is 5.26 Å². The first-order valence-corrected chi connectivity index (χ1v) is 15.7. The molecule has 2 aromatic heterocycles. The lowest BCUT2D eigenvalue weighted by Gasteiger charge is -2.22. The van der Waals surface area contributed by atoms with Gasteiger partial charge in [0.2, 0.25) is 12.3 Å².